The van der Waals surface area contributed by atoms with Gasteiger partial charge in [-0.15, -0.1) is 0 Å². The van der Waals surface area contributed by atoms with Crippen molar-refractivity contribution in [1.82, 2.24) is 15.0 Å². The molecule has 1 N–H and O–H groups in total. The van der Waals surface area contributed by atoms with Gasteiger partial charge in [-0.3, -0.25) is 14.6 Å². The molecule has 0 atom stereocenters. The lowest BCUT2D eigenvalue weighted by Crippen LogP contribution is -2.48. The number of aromatic nitrogens is 1. The third-order valence-electron chi connectivity index (χ3n) is 4.43. The summed E-state index contributed by atoms with van der Waals surface area (Å²) in [4.78, 5) is 16.3. The number of rotatable bonds is 7. The van der Waals surface area contributed by atoms with Crippen molar-refractivity contribution in [2.24, 2.45) is 0 Å². The van der Waals surface area contributed by atoms with Gasteiger partial charge >= 0.3 is 6.18 Å². The van der Waals surface area contributed by atoms with Gasteiger partial charge in [0.05, 0.1) is 6.54 Å². The Kier molecular flexibility index (Phi) is 6.75. The second-order valence-corrected chi connectivity index (χ2v) is 6.97. The van der Waals surface area contributed by atoms with Gasteiger partial charge in [-0.25, -0.2) is 0 Å². The van der Waals surface area contributed by atoms with Crippen molar-refractivity contribution in [1.29, 1.82) is 0 Å². The van der Waals surface area contributed by atoms with Crippen LogP contribution in [0.5, 0.6) is 5.75 Å². The van der Waals surface area contributed by atoms with Crippen molar-refractivity contribution in [3.05, 3.63) is 41.7 Å². The van der Waals surface area contributed by atoms with E-state index in [-0.39, 0.29) is 18.2 Å². The molecule has 1 aromatic carbocycles. The highest BCUT2D eigenvalue weighted by Crippen LogP contribution is 2.20. The van der Waals surface area contributed by atoms with E-state index >= 15 is 0 Å². The first-order chi connectivity index (χ1) is 13.8. The molecule has 1 amide bonds. The summed E-state index contributed by atoms with van der Waals surface area (Å²) in [6.45, 7) is 4.27. The molecule has 0 radical (unpaired) electrons. The van der Waals surface area contributed by atoms with Crippen LogP contribution in [0.2, 0.25) is 0 Å². The smallest absolute Gasteiger partial charge is 0.422 e. The Labute approximate surface area is 166 Å². The van der Waals surface area contributed by atoms with E-state index in [1.807, 2.05) is 11.0 Å². The van der Waals surface area contributed by atoms with Crippen LogP contribution in [0.3, 0.4) is 0 Å². The number of nitrogens with one attached hydrogen (secondary N) is 1. The van der Waals surface area contributed by atoms with Crippen molar-refractivity contribution in [3.8, 4) is 5.75 Å². The van der Waals surface area contributed by atoms with E-state index in [9.17, 15) is 18.0 Å². The largest absolute Gasteiger partial charge is 0.484 e. The van der Waals surface area contributed by atoms with Gasteiger partial charge in [-0.05, 0) is 24.6 Å². The number of nitrogens with zero attached hydrogens (tertiary/aromatic N) is 3. The average Bonchev–Trinajstić information content (AvgIpc) is 3.06. The second-order valence-electron chi connectivity index (χ2n) is 6.97. The molecule has 0 spiro atoms. The predicted molar refractivity (Wildman–Crippen MR) is 99.6 cm³/mol. The molecule has 2 heterocycles. The van der Waals surface area contributed by atoms with Gasteiger partial charge in [-0.2, -0.15) is 13.2 Å². The number of amides is 1. The summed E-state index contributed by atoms with van der Waals surface area (Å²) in [5.74, 6) is 1.08. The number of carbonyl (C=O) groups is 1. The zero-order valence-corrected chi connectivity index (χ0v) is 16.0. The summed E-state index contributed by atoms with van der Waals surface area (Å²) < 4.78 is 46.6. The Bertz CT molecular complexity index is 817. The van der Waals surface area contributed by atoms with Gasteiger partial charge < -0.3 is 14.6 Å². The highest BCUT2D eigenvalue weighted by atomic mass is 19.4. The molecule has 29 heavy (non-hydrogen) atoms. The van der Waals surface area contributed by atoms with Gasteiger partial charge in [0.15, 0.2) is 12.4 Å². The Morgan fingerprint density at radius 3 is 2.59 bits per heavy atom. The molecule has 1 aromatic heterocycles. The Morgan fingerprint density at radius 2 is 1.93 bits per heavy atom. The van der Waals surface area contributed by atoms with Crippen molar-refractivity contribution in [2.75, 3.05) is 44.6 Å². The first kappa shape index (κ1) is 21.1. The quantitative estimate of drug-likeness (QED) is 0.754. The summed E-state index contributed by atoms with van der Waals surface area (Å²) in [6, 6.07) is 8.35. The lowest BCUT2D eigenvalue weighted by atomic mass is 10.2. The maximum absolute atomic E-state index is 12.3. The number of piperazine rings is 1. The Hall–Kier alpha value is -2.59. The van der Waals surface area contributed by atoms with Crippen LogP contribution < -0.4 is 10.1 Å². The Morgan fingerprint density at radius 1 is 1.21 bits per heavy atom. The number of ether oxygens (including phenoxy) is 1. The van der Waals surface area contributed by atoms with Crippen LogP contribution in [0.15, 0.2) is 34.9 Å². The summed E-state index contributed by atoms with van der Waals surface area (Å²) in [5, 5.41) is 6.43. The third kappa shape index (κ3) is 7.06. The highest BCUT2D eigenvalue weighted by Gasteiger charge is 2.28. The van der Waals surface area contributed by atoms with Gasteiger partial charge in [0.25, 0.3) is 0 Å². The van der Waals surface area contributed by atoms with Crippen molar-refractivity contribution in [3.63, 3.8) is 0 Å². The van der Waals surface area contributed by atoms with Crippen molar-refractivity contribution < 1.29 is 27.2 Å². The molecule has 10 heteroatoms. The van der Waals surface area contributed by atoms with E-state index in [0.717, 1.165) is 31.7 Å². The fraction of sp³-hybridized carbons (Fsp3) is 0.474. The predicted octanol–water partition coefficient (Wildman–Crippen LogP) is 2.68. The van der Waals surface area contributed by atoms with E-state index in [0.29, 0.717) is 18.1 Å². The minimum atomic E-state index is -4.36. The number of hydrogen-bond donors (Lipinski definition) is 1. The van der Waals surface area contributed by atoms with E-state index in [1.54, 1.807) is 25.1 Å². The van der Waals surface area contributed by atoms with Gasteiger partial charge in [-0.1, -0.05) is 17.3 Å². The molecule has 0 saturated carbocycles. The number of halogens is 3. The van der Waals surface area contributed by atoms with Crippen LogP contribution in [0, 0.1) is 6.92 Å². The number of hydrogen-bond acceptors (Lipinski definition) is 6. The SMILES string of the molecule is Cc1cc(NC(=O)CN2CCN(Cc3cccc(OCC(F)(F)F)c3)CC2)no1. The van der Waals surface area contributed by atoms with Crippen LogP contribution in [0.4, 0.5) is 19.0 Å². The topological polar surface area (TPSA) is 70.8 Å². The summed E-state index contributed by atoms with van der Waals surface area (Å²) in [7, 11) is 0. The average molecular weight is 412 g/mol. The van der Waals surface area contributed by atoms with E-state index in [4.69, 9.17) is 9.26 Å². The van der Waals surface area contributed by atoms with Crippen LogP contribution in [-0.4, -0.2) is 66.4 Å². The first-order valence-electron chi connectivity index (χ1n) is 9.23. The number of carbonyl (C=O) groups excluding carboxylic acids is 1. The van der Waals surface area contributed by atoms with E-state index in [2.05, 4.69) is 15.4 Å². The maximum Gasteiger partial charge on any atom is 0.422 e. The number of alkyl halides is 3. The molecular formula is C19H23F3N4O3. The molecule has 1 fully saturated rings. The molecule has 1 saturated heterocycles. The minimum absolute atomic E-state index is 0.152. The zero-order chi connectivity index (χ0) is 20.9. The molecule has 0 aliphatic carbocycles. The molecule has 7 nitrogen and oxygen atoms in total. The lowest BCUT2D eigenvalue weighted by Gasteiger charge is -2.34. The molecule has 1 aliphatic heterocycles. The molecule has 0 unspecified atom stereocenters. The normalized spacial score (nSPS) is 16.0. The summed E-state index contributed by atoms with van der Waals surface area (Å²) in [6.07, 6.45) is -4.36. The minimum Gasteiger partial charge on any atom is -0.484 e. The molecule has 3 rings (SSSR count). The molecule has 1 aliphatic rings. The van der Waals surface area contributed by atoms with Crippen LogP contribution in [0.25, 0.3) is 0 Å². The summed E-state index contributed by atoms with van der Waals surface area (Å²) in [5.41, 5.74) is 0.886. The maximum atomic E-state index is 12.3. The standard InChI is InChI=1S/C19H23F3N4O3/c1-14-9-17(24-29-14)23-18(27)12-26-7-5-25(6-8-26)11-15-3-2-4-16(10-15)28-13-19(20,21)22/h2-4,9-10H,5-8,11-13H2,1H3,(H,23,24,27). The lowest BCUT2D eigenvalue weighted by molar-refractivity contribution is -0.153. The fourth-order valence-corrected chi connectivity index (χ4v) is 3.07. The number of benzene rings is 1. The number of aryl methyl sites for hydroxylation is 1. The van der Waals surface area contributed by atoms with Crippen LogP contribution in [0.1, 0.15) is 11.3 Å². The summed E-state index contributed by atoms with van der Waals surface area (Å²) >= 11 is 0. The van der Waals surface area contributed by atoms with Gasteiger partial charge in [0, 0.05) is 38.8 Å². The third-order valence-corrected chi connectivity index (χ3v) is 4.43. The van der Waals surface area contributed by atoms with Crippen molar-refractivity contribution >= 4 is 11.7 Å². The number of anilines is 1. The van der Waals surface area contributed by atoms with Crippen molar-refractivity contribution in [2.45, 2.75) is 19.6 Å². The van der Waals surface area contributed by atoms with E-state index < -0.39 is 12.8 Å². The van der Waals surface area contributed by atoms with Gasteiger partial charge in [0.1, 0.15) is 11.5 Å². The van der Waals surface area contributed by atoms with Crippen LogP contribution in [-0.2, 0) is 11.3 Å². The molecular weight excluding hydrogens is 389 g/mol. The molecule has 0 bridgehead atoms. The zero-order valence-electron chi connectivity index (χ0n) is 16.0. The molecule has 158 valence electrons. The highest BCUT2D eigenvalue weighted by molar-refractivity contribution is 5.91. The van der Waals surface area contributed by atoms with Gasteiger partial charge in [0.2, 0.25) is 5.91 Å². The molecule has 2 aromatic rings. The van der Waals surface area contributed by atoms with E-state index in [1.165, 1.54) is 6.07 Å². The fourth-order valence-electron chi connectivity index (χ4n) is 3.07. The monoisotopic (exact) mass is 412 g/mol. The first-order valence-corrected chi connectivity index (χ1v) is 9.23. The Balaban J connectivity index is 1.42. The second kappa shape index (κ2) is 9.27. The van der Waals surface area contributed by atoms with Crippen LogP contribution >= 0.6 is 0 Å².